The molecule has 1 amide bonds. The molecule has 1 heterocycles. The zero-order valence-corrected chi connectivity index (χ0v) is 17.2. The molecule has 0 spiro atoms. The lowest BCUT2D eigenvalue weighted by Gasteiger charge is -2.19. The largest absolute Gasteiger partial charge is 0.508 e. The second-order valence-electron chi connectivity index (χ2n) is 7.25. The van der Waals surface area contributed by atoms with Crippen LogP contribution in [0.1, 0.15) is 22.8 Å². The van der Waals surface area contributed by atoms with Gasteiger partial charge in [0.05, 0.1) is 18.3 Å². The van der Waals surface area contributed by atoms with E-state index in [0.29, 0.717) is 29.0 Å². The summed E-state index contributed by atoms with van der Waals surface area (Å²) in [7, 11) is 1.69. The van der Waals surface area contributed by atoms with E-state index < -0.39 is 0 Å². The second kappa shape index (κ2) is 8.47. The molecule has 7 heteroatoms. The van der Waals surface area contributed by atoms with Gasteiger partial charge in [-0.05, 0) is 55.0 Å². The van der Waals surface area contributed by atoms with Gasteiger partial charge in [-0.15, -0.1) is 0 Å². The Hall–Kier alpha value is -3.87. The first-order valence-corrected chi connectivity index (χ1v) is 9.89. The van der Waals surface area contributed by atoms with Crippen molar-refractivity contribution in [2.24, 2.45) is 0 Å². The van der Waals surface area contributed by atoms with Gasteiger partial charge in [0.15, 0.2) is 0 Å². The Bertz CT molecular complexity index is 1250. The minimum Gasteiger partial charge on any atom is -0.508 e. The van der Waals surface area contributed by atoms with Crippen LogP contribution >= 0.6 is 0 Å². The number of hydrogen-bond donors (Lipinski definition) is 2. The van der Waals surface area contributed by atoms with E-state index in [-0.39, 0.29) is 24.0 Å². The van der Waals surface area contributed by atoms with Crippen molar-refractivity contribution < 1.29 is 19.0 Å². The quantitative estimate of drug-likeness (QED) is 0.473. The van der Waals surface area contributed by atoms with Crippen LogP contribution in [0, 0.1) is 5.82 Å². The SMILES string of the molecule is CCOc1cc(C(=O)N(C)Cc2cc(O)cc3cn[nH]c23)ccc1-c1cccc(F)c1. The summed E-state index contributed by atoms with van der Waals surface area (Å²) in [5, 5.41) is 17.6. The van der Waals surface area contributed by atoms with Gasteiger partial charge in [0.25, 0.3) is 5.91 Å². The zero-order valence-electron chi connectivity index (χ0n) is 17.2. The van der Waals surface area contributed by atoms with Crippen LogP contribution in [0.25, 0.3) is 22.0 Å². The lowest BCUT2D eigenvalue weighted by Crippen LogP contribution is -2.26. The van der Waals surface area contributed by atoms with Crippen molar-refractivity contribution in [3.05, 3.63) is 77.7 Å². The molecule has 0 unspecified atom stereocenters. The Morgan fingerprint density at radius 3 is 2.81 bits per heavy atom. The summed E-state index contributed by atoms with van der Waals surface area (Å²) >= 11 is 0. The van der Waals surface area contributed by atoms with Crippen molar-refractivity contribution >= 4 is 16.8 Å². The van der Waals surface area contributed by atoms with Crippen LogP contribution in [0.4, 0.5) is 4.39 Å². The van der Waals surface area contributed by atoms with Crippen molar-refractivity contribution in [3.8, 4) is 22.6 Å². The number of fused-ring (bicyclic) bond motifs is 1. The molecule has 0 aliphatic rings. The number of hydrogen-bond acceptors (Lipinski definition) is 4. The molecule has 4 aromatic rings. The maximum absolute atomic E-state index is 13.7. The molecule has 4 rings (SSSR count). The number of halogens is 1. The summed E-state index contributed by atoms with van der Waals surface area (Å²) in [6, 6.07) is 14.6. The number of aromatic hydroxyl groups is 1. The van der Waals surface area contributed by atoms with E-state index in [9.17, 15) is 14.3 Å². The molecule has 0 radical (unpaired) electrons. The molecule has 6 nitrogen and oxygen atoms in total. The monoisotopic (exact) mass is 419 g/mol. The van der Waals surface area contributed by atoms with Crippen LogP contribution < -0.4 is 4.74 Å². The number of nitrogens with one attached hydrogen (secondary N) is 1. The van der Waals surface area contributed by atoms with Crippen LogP contribution in [-0.2, 0) is 6.54 Å². The number of aromatic nitrogens is 2. The van der Waals surface area contributed by atoms with Gasteiger partial charge in [-0.2, -0.15) is 5.10 Å². The number of aromatic amines is 1. The highest BCUT2D eigenvalue weighted by Crippen LogP contribution is 2.32. The number of H-pyrrole nitrogens is 1. The standard InChI is InChI=1S/C24H22FN3O3/c1-3-31-22-12-16(7-8-21(22)15-5-4-6-19(25)9-15)24(30)28(2)14-18-11-20(29)10-17-13-26-27-23(17)18/h4-13,29H,3,14H2,1-2H3,(H,26,27). The van der Waals surface area contributed by atoms with Crippen molar-refractivity contribution in [1.82, 2.24) is 15.1 Å². The first kappa shape index (κ1) is 20.4. The van der Waals surface area contributed by atoms with Crippen LogP contribution in [0.3, 0.4) is 0 Å². The van der Waals surface area contributed by atoms with Crippen LogP contribution in [-0.4, -0.2) is 39.8 Å². The normalized spacial score (nSPS) is 10.9. The number of rotatable bonds is 6. The fourth-order valence-corrected chi connectivity index (χ4v) is 3.61. The Balaban J connectivity index is 1.63. The third-order valence-electron chi connectivity index (χ3n) is 5.03. The van der Waals surface area contributed by atoms with E-state index in [0.717, 1.165) is 16.5 Å². The highest BCUT2D eigenvalue weighted by atomic mass is 19.1. The van der Waals surface area contributed by atoms with Gasteiger partial charge in [0.2, 0.25) is 0 Å². The van der Waals surface area contributed by atoms with E-state index in [1.807, 2.05) is 6.92 Å². The molecule has 0 aliphatic heterocycles. The lowest BCUT2D eigenvalue weighted by atomic mass is 10.0. The molecule has 31 heavy (non-hydrogen) atoms. The van der Waals surface area contributed by atoms with Gasteiger partial charge in [-0.1, -0.05) is 12.1 Å². The zero-order chi connectivity index (χ0) is 22.0. The van der Waals surface area contributed by atoms with Crippen molar-refractivity contribution in [2.45, 2.75) is 13.5 Å². The molecule has 3 aromatic carbocycles. The van der Waals surface area contributed by atoms with Gasteiger partial charge in [0.1, 0.15) is 17.3 Å². The molecule has 0 saturated carbocycles. The number of carbonyl (C=O) groups is 1. The van der Waals surface area contributed by atoms with E-state index in [4.69, 9.17) is 4.74 Å². The van der Waals surface area contributed by atoms with Crippen molar-refractivity contribution in [3.63, 3.8) is 0 Å². The maximum atomic E-state index is 13.7. The fourth-order valence-electron chi connectivity index (χ4n) is 3.61. The van der Waals surface area contributed by atoms with Gasteiger partial charge in [-0.25, -0.2) is 4.39 Å². The predicted molar refractivity (Wildman–Crippen MR) is 117 cm³/mol. The summed E-state index contributed by atoms with van der Waals surface area (Å²) in [5.41, 5.74) is 3.37. The minimum absolute atomic E-state index is 0.114. The molecule has 0 atom stereocenters. The van der Waals surface area contributed by atoms with Crippen LogP contribution in [0.15, 0.2) is 60.8 Å². The fraction of sp³-hybridized carbons (Fsp3) is 0.167. The number of carbonyl (C=O) groups excluding carboxylic acids is 1. The Kier molecular flexibility index (Phi) is 5.58. The summed E-state index contributed by atoms with van der Waals surface area (Å²) in [6.07, 6.45) is 1.62. The van der Waals surface area contributed by atoms with E-state index in [1.54, 1.807) is 60.6 Å². The summed E-state index contributed by atoms with van der Waals surface area (Å²) < 4.78 is 19.4. The number of nitrogens with zero attached hydrogens (tertiary/aromatic N) is 2. The van der Waals surface area contributed by atoms with Gasteiger partial charge >= 0.3 is 0 Å². The number of benzene rings is 3. The first-order valence-electron chi connectivity index (χ1n) is 9.89. The van der Waals surface area contributed by atoms with Crippen LogP contribution in [0.2, 0.25) is 0 Å². The Labute approximate surface area is 178 Å². The van der Waals surface area contributed by atoms with E-state index >= 15 is 0 Å². The topological polar surface area (TPSA) is 78.4 Å². The molecule has 1 aromatic heterocycles. The highest BCUT2D eigenvalue weighted by Gasteiger charge is 2.17. The average molecular weight is 419 g/mol. The molecular formula is C24H22FN3O3. The third-order valence-corrected chi connectivity index (χ3v) is 5.03. The molecule has 0 bridgehead atoms. The van der Waals surface area contributed by atoms with Gasteiger partial charge < -0.3 is 14.7 Å². The molecule has 0 saturated heterocycles. The second-order valence-corrected chi connectivity index (χ2v) is 7.25. The highest BCUT2D eigenvalue weighted by molar-refractivity contribution is 5.96. The number of phenols is 1. The van der Waals surface area contributed by atoms with Crippen LogP contribution in [0.5, 0.6) is 11.5 Å². The third kappa shape index (κ3) is 4.21. The lowest BCUT2D eigenvalue weighted by molar-refractivity contribution is 0.0785. The number of amides is 1. The number of phenolic OH excluding ortho intramolecular Hbond substituents is 1. The molecule has 2 N–H and O–H groups in total. The summed E-state index contributed by atoms with van der Waals surface area (Å²) in [5.74, 6) is 0.0855. The first-order chi connectivity index (χ1) is 15.0. The molecule has 0 fully saturated rings. The van der Waals surface area contributed by atoms with E-state index in [2.05, 4.69) is 10.2 Å². The molecule has 158 valence electrons. The smallest absolute Gasteiger partial charge is 0.254 e. The minimum atomic E-state index is -0.337. The molecule has 0 aliphatic carbocycles. The predicted octanol–water partition coefficient (Wildman–Crippen LogP) is 4.75. The molecular weight excluding hydrogens is 397 g/mol. The van der Waals surface area contributed by atoms with E-state index in [1.165, 1.54) is 12.1 Å². The Morgan fingerprint density at radius 1 is 1.19 bits per heavy atom. The van der Waals surface area contributed by atoms with Gasteiger partial charge in [0, 0.05) is 35.7 Å². The maximum Gasteiger partial charge on any atom is 0.254 e. The van der Waals surface area contributed by atoms with Gasteiger partial charge in [-0.3, -0.25) is 9.89 Å². The summed E-state index contributed by atoms with van der Waals surface area (Å²) in [6.45, 7) is 2.55. The average Bonchev–Trinajstić information content (AvgIpc) is 3.22. The summed E-state index contributed by atoms with van der Waals surface area (Å²) in [4.78, 5) is 14.6. The van der Waals surface area contributed by atoms with Crippen molar-refractivity contribution in [1.29, 1.82) is 0 Å². The Morgan fingerprint density at radius 2 is 2.03 bits per heavy atom. The number of ether oxygens (including phenoxy) is 1. The van der Waals surface area contributed by atoms with Crippen molar-refractivity contribution in [2.75, 3.05) is 13.7 Å².